The molecule has 3 N–H and O–H groups in total. The number of hydrazine groups is 1. The van der Waals surface area contributed by atoms with Crippen LogP contribution in [0.3, 0.4) is 0 Å². The van der Waals surface area contributed by atoms with E-state index in [1.807, 2.05) is 0 Å². The first-order valence-electron chi connectivity index (χ1n) is 6.84. The van der Waals surface area contributed by atoms with Gasteiger partial charge in [-0.1, -0.05) is 11.6 Å². The lowest BCUT2D eigenvalue weighted by atomic mass is 10.2. The lowest BCUT2D eigenvalue weighted by molar-refractivity contribution is 0.0940. The van der Waals surface area contributed by atoms with Gasteiger partial charge in [0.05, 0.1) is 0 Å². The number of carbonyl (C=O) groups is 1. The zero-order valence-electron chi connectivity index (χ0n) is 12.1. The van der Waals surface area contributed by atoms with Crippen molar-refractivity contribution in [1.82, 2.24) is 15.8 Å². The second kappa shape index (κ2) is 6.67. The van der Waals surface area contributed by atoms with Crippen molar-refractivity contribution in [3.63, 3.8) is 0 Å². The van der Waals surface area contributed by atoms with E-state index in [0.29, 0.717) is 10.7 Å². The minimum absolute atomic E-state index is 0.0570. The third-order valence-electron chi connectivity index (χ3n) is 3.19. The van der Waals surface area contributed by atoms with Gasteiger partial charge in [-0.05, 0) is 36.4 Å². The van der Waals surface area contributed by atoms with E-state index in [9.17, 15) is 13.6 Å². The fourth-order valence-electron chi connectivity index (χ4n) is 2.08. The lowest BCUT2D eigenvalue weighted by Crippen LogP contribution is -2.36. The number of halogens is 3. The topological polar surface area (TPSA) is 69.3 Å². The van der Waals surface area contributed by atoms with Crippen LogP contribution in [0.2, 0.25) is 5.02 Å². The van der Waals surface area contributed by atoms with Crippen molar-refractivity contribution in [2.75, 3.05) is 0 Å². The van der Waals surface area contributed by atoms with Gasteiger partial charge in [0.1, 0.15) is 23.5 Å². The maximum atomic E-state index is 13.4. The summed E-state index contributed by atoms with van der Waals surface area (Å²) in [7, 11) is 0. The number of nitrogens with zero attached hydrogens (tertiary/aromatic N) is 1. The summed E-state index contributed by atoms with van der Waals surface area (Å²) >= 11 is 5.89. The number of hydrogen-bond acceptors (Lipinski definition) is 2. The number of carbonyl (C=O) groups excluding carboxylic acids is 1. The molecular formula is C16H11ClF2N4O. The number of amides is 1. The van der Waals surface area contributed by atoms with Crippen LogP contribution in [0.15, 0.2) is 47.5 Å². The number of H-pyrrole nitrogens is 1. The number of rotatable bonds is 4. The summed E-state index contributed by atoms with van der Waals surface area (Å²) in [6.07, 6.45) is 1.09. The van der Waals surface area contributed by atoms with Gasteiger partial charge >= 0.3 is 0 Å². The first kappa shape index (κ1) is 15.9. The highest BCUT2D eigenvalue weighted by Gasteiger charge is 2.08. The fraction of sp³-hybridized carbons (Fsp3) is 0. The van der Waals surface area contributed by atoms with Crippen LogP contribution in [-0.2, 0) is 0 Å². The second-order valence-electron chi connectivity index (χ2n) is 4.87. The number of hydrogen-bond donors (Lipinski definition) is 3. The van der Waals surface area contributed by atoms with Gasteiger partial charge in [0, 0.05) is 22.0 Å². The van der Waals surface area contributed by atoms with Crippen molar-refractivity contribution in [2.24, 2.45) is 4.99 Å². The third kappa shape index (κ3) is 3.52. The Morgan fingerprint density at radius 3 is 2.79 bits per heavy atom. The number of nitrogens with one attached hydrogen (secondary N) is 3. The van der Waals surface area contributed by atoms with E-state index >= 15 is 0 Å². The minimum Gasteiger partial charge on any atom is -0.350 e. The van der Waals surface area contributed by atoms with Crippen molar-refractivity contribution in [3.8, 4) is 0 Å². The maximum Gasteiger partial charge on any atom is 0.286 e. The Hall–Kier alpha value is -2.93. The molecule has 24 heavy (non-hydrogen) atoms. The Labute approximate surface area is 140 Å². The van der Waals surface area contributed by atoms with Crippen LogP contribution in [0.25, 0.3) is 10.9 Å². The third-order valence-corrected chi connectivity index (χ3v) is 3.43. The molecule has 1 amide bonds. The van der Waals surface area contributed by atoms with Crippen LogP contribution >= 0.6 is 11.6 Å². The SMILES string of the molecule is O=C(NNC=Nc1ccc(F)cc1F)c1cc2cc(Cl)ccc2[nH]1. The van der Waals surface area contributed by atoms with E-state index in [1.165, 1.54) is 6.07 Å². The predicted molar refractivity (Wildman–Crippen MR) is 88.4 cm³/mol. The molecule has 5 nitrogen and oxygen atoms in total. The Kier molecular flexibility index (Phi) is 4.43. The predicted octanol–water partition coefficient (Wildman–Crippen LogP) is 3.69. The highest BCUT2D eigenvalue weighted by atomic mass is 35.5. The maximum absolute atomic E-state index is 13.4. The summed E-state index contributed by atoms with van der Waals surface area (Å²) in [5, 5.41) is 1.37. The van der Waals surface area contributed by atoms with E-state index in [4.69, 9.17) is 11.6 Å². The van der Waals surface area contributed by atoms with Gasteiger partial charge in [-0.25, -0.2) is 13.8 Å². The second-order valence-corrected chi connectivity index (χ2v) is 5.30. The van der Waals surface area contributed by atoms with Crippen LogP contribution in [0, 0.1) is 11.6 Å². The van der Waals surface area contributed by atoms with Crippen molar-refractivity contribution < 1.29 is 13.6 Å². The zero-order chi connectivity index (χ0) is 17.1. The Morgan fingerprint density at radius 2 is 2.00 bits per heavy atom. The highest BCUT2D eigenvalue weighted by molar-refractivity contribution is 6.31. The smallest absolute Gasteiger partial charge is 0.286 e. The molecule has 0 saturated heterocycles. The highest BCUT2D eigenvalue weighted by Crippen LogP contribution is 2.20. The molecule has 0 radical (unpaired) electrons. The molecule has 0 bridgehead atoms. The van der Waals surface area contributed by atoms with E-state index in [0.717, 1.165) is 29.4 Å². The van der Waals surface area contributed by atoms with Crippen LogP contribution in [0.1, 0.15) is 10.5 Å². The van der Waals surface area contributed by atoms with Crippen LogP contribution < -0.4 is 10.9 Å². The van der Waals surface area contributed by atoms with Crippen molar-refractivity contribution in [2.45, 2.75) is 0 Å². The average Bonchev–Trinajstić information content (AvgIpc) is 2.96. The van der Waals surface area contributed by atoms with Gasteiger partial charge in [0.15, 0.2) is 5.82 Å². The number of fused-ring (bicyclic) bond motifs is 1. The number of aliphatic imine (C=N–C) groups is 1. The summed E-state index contributed by atoms with van der Waals surface area (Å²) in [5.41, 5.74) is 5.84. The molecule has 3 rings (SSSR count). The fourth-order valence-corrected chi connectivity index (χ4v) is 2.26. The molecule has 1 aromatic heterocycles. The quantitative estimate of drug-likeness (QED) is 0.382. The summed E-state index contributed by atoms with van der Waals surface area (Å²) in [4.78, 5) is 18.7. The first-order valence-corrected chi connectivity index (χ1v) is 7.22. The molecule has 0 saturated carbocycles. The van der Waals surface area contributed by atoms with Gasteiger partial charge in [-0.3, -0.25) is 15.6 Å². The Bertz CT molecular complexity index is 939. The molecular weight excluding hydrogens is 338 g/mol. The number of aromatic amines is 1. The minimum atomic E-state index is -0.799. The molecule has 0 aliphatic rings. The standard InChI is InChI=1S/C16H11ClF2N4O/c17-10-1-3-13-9(5-10)6-15(22-13)16(24)23-21-8-20-14-4-2-11(18)7-12(14)19/h1-8,22H,(H,20,21)(H,23,24). The molecule has 0 spiro atoms. The van der Waals surface area contributed by atoms with Crippen LogP contribution in [-0.4, -0.2) is 17.2 Å². The Balaban J connectivity index is 1.63. The van der Waals surface area contributed by atoms with Crippen LogP contribution in [0.4, 0.5) is 14.5 Å². The largest absolute Gasteiger partial charge is 0.350 e. The monoisotopic (exact) mass is 348 g/mol. The molecule has 1 heterocycles. The molecule has 122 valence electrons. The molecule has 2 aromatic carbocycles. The molecule has 8 heteroatoms. The first-order chi connectivity index (χ1) is 11.5. The molecule has 0 unspecified atom stereocenters. The summed E-state index contributed by atoms with van der Waals surface area (Å²) in [5.74, 6) is -1.92. The van der Waals surface area contributed by atoms with Crippen LogP contribution in [0.5, 0.6) is 0 Å². The zero-order valence-corrected chi connectivity index (χ0v) is 12.9. The Morgan fingerprint density at radius 1 is 1.17 bits per heavy atom. The van der Waals surface area contributed by atoms with E-state index in [1.54, 1.807) is 24.3 Å². The number of aromatic nitrogens is 1. The molecule has 0 atom stereocenters. The molecule has 0 fully saturated rings. The average molecular weight is 349 g/mol. The van der Waals surface area contributed by atoms with Gasteiger partial charge < -0.3 is 4.98 Å². The van der Waals surface area contributed by atoms with Gasteiger partial charge in [-0.2, -0.15) is 0 Å². The lowest BCUT2D eigenvalue weighted by Gasteiger charge is -2.02. The molecule has 0 aliphatic heterocycles. The molecule has 3 aromatic rings. The molecule has 0 aliphatic carbocycles. The van der Waals surface area contributed by atoms with E-state index in [2.05, 4.69) is 20.8 Å². The normalized spacial score (nSPS) is 11.1. The summed E-state index contributed by atoms with van der Waals surface area (Å²) in [6.45, 7) is 0. The summed E-state index contributed by atoms with van der Waals surface area (Å²) in [6, 6.07) is 9.85. The summed E-state index contributed by atoms with van der Waals surface area (Å²) < 4.78 is 26.1. The van der Waals surface area contributed by atoms with E-state index in [-0.39, 0.29) is 5.69 Å². The number of benzene rings is 2. The van der Waals surface area contributed by atoms with Crippen molar-refractivity contribution in [1.29, 1.82) is 0 Å². The van der Waals surface area contributed by atoms with Crippen molar-refractivity contribution in [3.05, 3.63) is 64.8 Å². The van der Waals surface area contributed by atoms with Gasteiger partial charge in [0.2, 0.25) is 0 Å². The van der Waals surface area contributed by atoms with Gasteiger partial charge in [0.25, 0.3) is 5.91 Å². The van der Waals surface area contributed by atoms with Crippen molar-refractivity contribution >= 4 is 40.4 Å². The van der Waals surface area contributed by atoms with Gasteiger partial charge in [-0.15, -0.1) is 0 Å². The van der Waals surface area contributed by atoms with E-state index < -0.39 is 17.5 Å².